The first-order valence-electron chi connectivity index (χ1n) is 5.84. The third kappa shape index (κ3) is 2.76. The first-order valence-corrected chi connectivity index (χ1v) is 5.84. The predicted molar refractivity (Wildman–Crippen MR) is 63.0 cm³/mol. The lowest BCUT2D eigenvalue weighted by atomic mass is 9.85. The molecule has 1 heterocycles. The number of ether oxygens (including phenoxy) is 1. The van der Waals surface area contributed by atoms with Crippen molar-refractivity contribution in [2.75, 3.05) is 26.3 Å². The fraction of sp³-hybridized carbons (Fsp3) is 0.818. The van der Waals surface area contributed by atoms with Gasteiger partial charge in [0.05, 0.1) is 18.6 Å². The first kappa shape index (κ1) is 13.9. The Morgan fingerprint density at radius 1 is 1.53 bits per heavy atom. The number of primary amides is 1. The molecule has 1 saturated heterocycles. The second-order valence-electron chi connectivity index (χ2n) is 4.61. The highest BCUT2D eigenvalue weighted by Gasteiger charge is 2.39. The third-order valence-electron chi connectivity index (χ3n) is 3.46. The smallest absolute Gasteiger partial charge is 0.242 e. The molecule has 6 nitrogen and oxygen atoms in total. The van der Waals surface area contributed by atoms with E-state index < -0.39 is 17.4 Å². The summed E-state index contributed by atoms with van der Waals surface area (Å²) < 4.78 is 5.18. The summed E-state index contributed by atoms with van der Waals surface area (Å²) in [4.78, 5) is 25.2. The van der Waals surface area contributed by atoms with E-state index in [1.54, 1.807) is 0 Å². The van der Waals surface area contributed by atoms with Crippen LogP contribution < -0.4 is 11.5 Å². The lowest BCUT2D eigenvalue weighted by molar-refractivity contribution is -0.154. The number of hydrogen-bond acceptors (Lipinski definition) is 4. The summed E-state index contributed by atoms with van der Waals surface area (Å²) in [5, 5.41) is 0. The Hall–Kier alpha value is -1.14. The van der Waals surface area contributed by atoms with Crippen molar-refractivity contribution in [3.8, 4) is 0 Å². The van der Waals surface area contributed by atoms with Gasteiger partial charge in [-0.05, 0) is 13.3 Å². The van der Waals surface area contributed by atoms with Crippen molar-refractivity contribution < 1.29 is 14.3 Å². The van der Waals surface area contributed by atoms with Gasteiger partial charge in [0.1, 0.15) is 6.04 Å². The van der Waals surface area contributed by atoms with E-state index in [4.69, 9.17) is 16.2 Å². The van der Waals surface area contributed by atoms with Crippen molar-refractivity contribution >= 4 is 11.8 Å². The van der Waals surface area contributed by atoms with Crippen molar-refractivity contribution in [1.82, 2.24) is 4.90 Å². The van der Waals surface area contributed by atoms with E-state index in [1.165, 1.54) is 4.90 Å². The Bertz CT molecular complexity index is 302. The molecule has 0 radical (unpaired) electrons. The molecule has 0 aromatic carbocycles. The standard InChI is InChI=1S/C11H21N3O3/c1-3-11(2,7-12)10(16)14-4-5-17-6-8(14)9(13)15/h8H,3-7,12H2,1-2H3,(H2,13,15). The van der Waals surface area contributed by atoms with Gasteiger partial charge in [0, 0.05) is 13.1 Å². The number of nitrogens with two attached hydrogens (primary N) is 2. The van der Waals surface area contributed by atoms with Crippen LogP contribution in [0.15, 0.2) is 0 Å². The number of amides is 2. The highest BCUT2D eigenvalue weighted by Crippen LogP contribution is 2.24. The monoisotopic (exact) mass is 243 g/mol. The van der Waals surface area contributed by atoms with E-state index in [9.17, 15) is 9.59 Å². The molecule has 2 amide bonds. The molecule has 0 aliphatic carbocycles. The molecule has 1 rings (SSSR count). The second-order valence-corrected chi connectivity index (χ2v) is 4.61. The summed E-state index contributed by atoms with van der Waals surface area (Å²) in [6.07, 6.45) is 0.630. The van der Waals surface area contributed by atoms with E-state index in [-0.39, 0.29) is 19.1 Å². The Morgan fingerprint density at radius 2 is 2.18 bits per heavy atom. The van der Waals surface area contributed by atoms with E-state index >= 15 is 0 Å². The molecule has 0 saturated carbocycles. The minimum Gasteiger partial charge on any atom is -0.377 e. The molecule has 1 fully saturated rings. The van der Waals surface area contributed by atoms with Crippen LogP contribution in [0.5, 0.6) is 0 Å². The summed E-state index contributed by atoms with van der Waals surface area (Å²) >= 11 is 0. The fourth-order valence-corrected chi connectivity index (χ4v) is 1.81. The lowest BCUT2D eigenvalue weighted by Gasteiger charge is -2.39. The van der Waals surface area contributed by atoms with Gasteiger partial charge in [0.15, 0.2) is 0 Å². The van der Waals surface area contributed by atoms with Gasteiger partial charge in [-0.3, -0.25) is 9.59 Å². The van der Waals surface area contributed by atoms with Crippen LogP contribution in [0.2, 0.25) is 0 Å². The minimum atomic E-state index is -0.673. The third-order valence-corrected chi connectivity index (χ3v) is 3.46. The summed E-state index contributed by atoms with van der Waals surface area (Å²) in [6, 6.07) is -0.673. The maximum absolute atomic E-state index is 12.4. The first-order chi connectivity index (χ1) is 7.96. The summed E-state index contributed by atoms with van der Waals surface area (Å²) in [5.74, 6) is -0.650. The van der Waals surface area contributed by atoms with E-state index in [2.05, 4.69) is 0 Å². The molecule has 2 unspecified atom stereocenters. The maximum Gasteiger partial charge on any atom is 0.242 e. The Morgan fingerprint density at radius 3 is 2.65 bits per heavy atom. The summed E-state index contributed by atoms with van der Waals surface area (Å²) in [6.45, 7) is 4.96. The van der Waals surface area contributed by atoms with Crippen LogP contribution in [-0.2, 0) is 14.3 Å². The number of morpholine rings is 1. The minimum absolute atomic E-state index is 0.116. The molecule has 0 aromatic heterocycles. The van der Waals surface area contributed by atoms with E-state index in [1.807, 2.05) is 13.8 Å². The molecule has 98 valence electrons. The number of nitrogens with zero attached hydrogens (tertiary/aromatic N) is 1. The molecule has 0 bridgehead atoms. The fourth-order valence-electron chi connectivity index (χ4n) is 1.81. The van der Waals surface area contributed by atoms with Gasteiger partial charge >= 0.3 is 0 Å². The average molecular weight is 243 g/mol. The summed E-state index contributed by atoms with van der Waals surface area (Å²) in [7, 11) is 0. The van der Waals surface area contributed by atoms with Gasteiger partial charge in [-0.25, -0.2) is 0 Å². The maximum atomic E-state index is 12.4. The zero-order valence-corrected chi connectivity index (χ0v) is 10.4. The van der Waals surface area contributed by atoms with Gasteiger partial charge in [0.2, 0.25) is 11.8 Å². The molecule has 1 aliphatic rings. The highest BCUT2D eigenvalue weighted by molar-refractivity contribution is 5.89. The zero-order valence-electron chi connectivity index (χ0n) is 10.4. The topological polar surface area (TPSA) is 98.7 Å². The molecule has 0 spiro atoms. The Labute approximate surface area is 101 Å². The van der Waals surface area contributed by atoms with Crippen LogP contribution >= 0.6 is 0 Å². The number of hydrogen-bond donors (Lipinski definition) is 2. The number of carbonyl (C=O) groups excluding carboxylic acids is 2. The number of carbonyl (C=O) groups is 2. The van der Waals surface area contributed by atoms with Gasteiger partial charge in [-0.1, -0.05) is 6.92 Å². The van der Waals surface area contributed by atoms with E-state index in [0.717, 1.165) is 0 Å². The van der Waals surface area contributed by atoms with Crippen molar-refractivity contribution in [2.24, 2.45) is 16.9 Å². The SMILES string of the molecule is CCC(C)(CN)C(=O)N1CCOCC1C(N)=O. The molecule has 0 aromatic rings. The second kappa shape index (κ2) is 5.46. The Kier molecular flexibility index (Phi) is 4.47. The van der Waals surface area contributed by atoms with Crippen LogP contribution in [0.1, 0.15) is 20.3 Å². The molecule has 1 aliphatic heterocycles. The highest BCUT2D eigenvalue weighted by atomic mass is 16.5. The molecule has 17 heavy (non-hydrogen) atoms. The van der Waals surface area contributed by atoms with Gasteiger partial charge in [0.25, 0.3) is 0 Å². The van der Waals surface area contributed by atoms with Crippen LogP contribution in [0.25, 0.3) is 0 Å². The van der Waals surface area contributed by atoms with Crippen molar-refractivity contribution in [3.63, 3.8) is 0 Å². The lowest BCUT2D eigenvalue weighted by Crippen LogP contribution is -2.59. The molecular weight excluding hydrogens is 222 g/mol. The van der Waals surface area contributed by atoms with E-state index in [0.29, 0.717) is 19.6 Å². The van der Waals surface area contributed by atoms with Crippen molar-refractivity contribution in [2.45, 2.75) is 26.3 Å². The van der Waals surface area contributed by atoms with Crippen molar-refractivity contribution in [1.29, 1.82) is 0 Å². The van der Waals surface area contributed by atoms with Crippen LogP contribution in [-0.4, -0.2) is 49.1 Å². The molecular formula is C11H21N3O3. The van der Waals surface area contributed by atoms with Gasteiger partial charge < -0.3 is 21.1 Å². The Balaban J connectivity index is 2.88. The van der Waals surface area contributed by atoms with Crippen molar-refractivity contribution in [3.05, 3.63) is 0 Å². The molecule has 2 atom stereocenters. The average Bonchev–Trinajstić information content (AvgIpc) is 2.36. The molecule has 4 N–H and O–H groups in total. The van der Waals surface area contributed by atoms with Crippen LogP contribution in [0.4, 0.5) is 0 Å². The summed E-state index contributed by atoms with van der Waals surface area (Å²) in [5.41, 5.74) is 10.3. The predicted octanol–water partition coefficient (Wildman–Crippen LogP) is -0.926. The van der Waals surface area contributed by atoms with Crippen LogP contribution in [0.3, 0.4) is 0 Å². The molecule has 6 heteroatoms. The normalized spacial score (nSPS) is 24.2. The van der Waals surface area contributed by atoms with Crippen LogP contribution in [0, 0.1) is 5.41 Å². The zero-order chi connectivity index (χ0) is 13.1. The van der Waals surface area contributed by atoms with Gasteiger partial charge in [-0.2, -0.15) is 0 Å². The van der Waals surface area contributed by atoms with Gasteiger partial charge in [-0.15, -0.1) is 0 Å². The quantitative estimate of drug-likeness (QED) is 0.666. The largest absolute Gasteiger partial charge is 0.377 e. The number of rotatable bonds is 4.